The van der Waals surface area contributed by atoms with Crippen molar-refractivity contribution in [2.24, 2.45) is 12.8 Å². The average molecular weight is 295 g/mol. The van der Waals surface area contributed by atoms with Crippen molar-refractivity contribution in [3.05, 3.63) is 42.0 Å². The Bertz CT molecular complexity index is 693. The molecule has 7 nitrogen and oxygen atoms in total. The zero-order valence-corrected chi connectivity index (χ0v) is 12.1. The standard InChI is InChI=1S/C12H17N5O2S/c1-9(13)10-4-3-5-11(6-10)20(18,19)15-7-12-16-14-8-17(12)2/h3-6,8-9,15H,7,13H2,1-2H3. The lowest BCUT2D eigenvalue weighted by atomic mass is 10.1. The number of nitrogens with one attached hydrogen (secondary N) is 1. The number of hydrogen-bond donors (Lipinski definition) is 2. The van der Waals surface area contributed by atoms with Gasteiger partial charge in [-0.05, 0) is 24.6 Å². The molecule has 0 aliphatic heterocycles. The Morgan fingerprint density at radius 2 is 2.20 bits per heavy atom. The molecule has 1 atom stereocenters. The maximum atomic E-state index is 12.2. The van der Waals surface area contributed by atoms with Gasteiger partial charge >= 0.3 is 0 Å². The van der Waals surface area contributed by atoms with Crippen molar-refractivity contribution in [3.63, 3.8) is 0 Å². The fourth-order valence-electron chi connectivity index (χ4n) is 1.67. The van der Waals surface area contributed by atoms with Crippen molar-refractivity contribution in [2.45, 2.75) is 24.4 Å². The van der Waals surface area contributed by atoms with Gasteiger partial charge in [-0.3, -0.25) is 0 Å². The zero-order valence-electron chi connectivity index (χ0n) is 11.3. The van der Waals surface area contributed by atoms with Gasteiger partial charge in [-0.25, -0.2) is 13.1 Å². The summed E-state index contributed by atoms with van der Waals surface area (Å²) < 4.78 is 28.6. The summed E-state index contributed by atoms with van der Waals surface area (Å²) >= 11 is 0. The maximum absolute atomic E-state index is 12.2. The molecule has 2 rings (SSSR count). The lowest BCUT2D eigenvalue weighted by molar-refractivity contribution is 0.577. The first-order valence-corrected chi connectivity index (χ1v) is 7.56. The Morgan fingerprint density at radius 3 is 2.80 bits per heavy atom. The van der Waals surface area contributed by atoms with Crippen LogP contribution in [0.2, 0.25) is 0 Å². The molecule has 20 heavy (non-hydrogen) atoms. The van der Waals surface area contributed by atoms with E-state index >= 15 is 0 Å². The molecule has 1 aromatic heterocycles. The molecule has 2 aromatic rings. The first-order chi connectivity index (χ1) is 9.40. The Hall–Kier alpha value is -1.77. The van der Waals surface area contributed by atoms with Crippen LogP contribution < -0.4 is 10.5 Å². The van der Waals surface area contributed by atoms with Crippen LogP contribution in [0.4, 0.5) is 0 Å². The molecule has 1 aromatic carbocycles. The van der Waals surface area contributed by atoms with Gasteiger partial charge < -0.3 is 10.3 Å². The van der Waals surface area contributed by atoms with Crippen molar-refractivity contribution in [1.82, 2.24) is 19.5 Å². The second-order valence-corrected chi connectivity index (χ2v) is 6.31. The molecule has 0 bridgehead atoms. The van der Waals surface area contributed by atoms with Crippen molar-refractivity contribution in [2.75, 3.05) is 0 Å². The molecule has 0 radical (unpaired) electrons. The van der Waals surface area contributed by atoms with Crippen molar-refractivity contribution in [1.29, 1.82) is 0 Å². The van der Waals surface area contributed by atoms with Gasteiger partial charge in [-0.15, -0.1) is 10.2 Å². The van der Waals surface area contributed by atoms with Crippen LogP contribution >= 0.6 is 0 Å². The van der Waals surface area contributed by atoms with Gasteiger partial charge in [-0.2, -0.15) is 0 Å². The molecule has 0 fully saturated rings. The van der Waals surface area contributed by atoms with E-state index in [-0.39, 0.29) is 17.5 Å². The summed E-state index contributed by atoms with van der Waals surface area (Å²) in [4.78, 5) is 0.189. The van der Waals surface area contributed by atoms with Gasteiger partial charge in [0.25, 0.3) is 0 Å². The highest BCUT2D eigenvalue weighted by molar-refractivity contribution is 7.89. The van der Waals surface area contributed by atoms with E-state index in [1.165, 1.54) is 12.4 Å². The molecule has 8 heteroatoms. The summed E-state index contributed by atoms with van der Waals surface area (Å²) in [5, 5.41) is 7.52. The lowest BCUT2D eigenvalue weighted by Crippen LogP contribution is -2.25. The van der Waals surface area contributed by atoms with E-state index in [9.17, 15) is 8.42 Å². The van der Waals surface area contributed by atoms with Gasteiger partial charge in [0.2, 0.25) is 10.0 Å². The summed E-state index contributed by atoms with van der Waals surface area (Å²) in [7, 11) is -1.85. The fraction of sp³-hybridized carbons (Fsp3) is 0.333. The molecule has 0 saturated carbocycles. The Morgan fingerprint density at radius 1 is 1.45 bits per heavy atom. The Kier molecular flexibility index (Phi) is 4.17. The number of nitrogens with zero attached hydrogens (tertiary/aromatic N) is 3. The van der Waals surface area contributed by atoms with E-state index in [0.29, 0.717) is 5.82 Å². The molecule has 3 N–H and O–H groups in total. The highest BCUT2D eigenvalue weighted by atomic mass is 32.2. The van der Waals surface area contributed by atoms with Crippen LogP contribution in [0, 0.1) is 0 Å². The van der Waals surface area contributed by atoms with Crippen LogP contribution in [0.3, 0.4) is 0 Å². The monoisotopic (exact) mass is 295 g/mol. The molecule has 0 aliphatic carbocycles. The number of aryl methyl sites for hydroxylation is 1. The van der Waals surface area contributed by atoms with Gasteiger partial charge in [0.15, 0.2) is 0 Å². The zero-order chi connectivity index (χ0) is 14.8. The van der Waals surface area contributed by atoms with Crippen LogP contribution in [-0.2, 0) is 23.6 Å². The van der Waals surface area contributed by atoms with Gasteiger partial charge in [0.05, 0.1) is 11.4 Å². The fourth-order valence-corrected chi connectivity index (χ4v) is 2.71. The quantitative estimate of drug-likeness (QED) is 0.826. The second-order valence-electron chi connectivity index (χ2n) is 4.54. The Labute approximate surface area is 117 Å². The molecule has 0 saturated heterocycles. The smallest absolute Gasteiger partial charge is 0.240 e. The van der Waals surface area contributed by atoms with E-state index in [2.05, 4.69) is 14.9 Å². The highest BCUT2D eigenvalue weighted by Crippen LogP contribution is 2.15. The lowest BCUT2D eigenvalue weighted by Gasteiger charge is -2.10. The van der Waals surface area contributed by atoms with Crippen LogP contribution in [0.5, 0.6) is 0 Å². The molecule has 0 aliphatic rings. The van der Waals surface area contributed by atoms with E-state index in [0.717, 1.165) is 5.56 Å². The molecule has 108 valence electrons. The third-order valence-corrected chi connectivity index (χ3v) is 4.32. The van der Waals surface area contributed by atoms with E-state index in [1.807, 2.05) is 0 Å². The number of rotatable bonds is 5. The SMILES string of the molecule is CC(N)c1cccc(S(=O)(=O)NCc2nncn2C)c1. The van der Waals surface area contributed by atoms with Crippen molar-refractivity contribution >= 4 is 10.0 Å². The topological polar surface area (TPSA) is 103 Å². The largest absolute Gasteiger partial charge is 0.324 e. The van der Waals surface area contributed by atoms with Gasteiger partial charge in [-0.1, -0.05) is 12.1 Å². The molecule has 0 spiro atoms. The van der Waals surface area contributed by atoms with Gasteiger partial charge in [0, 0.05) is 13.1 Å². The number of hydrogen-bond acceptors (Lipinski definition) is 5. The predicted octanol–water partition coefficient (Wildman–Crippen LogP) is 0.313. The molecule has 1 heterocycles. The van der Waals surface area contributed by atoms with Crippen molar-refractivity contribution in [3.8, 4) is 0 Å². The van der Waals surface area contributed by atoms with Crippen LogP contribution in [0.15, 0.2) is 35.5 Å². The van der Waals surface area contributed by atoms with E-state index in [4.69, 9.17) is 5.73 Å². The molecule has 1 unspecified atom stereocenters. The predicted molar refractivity (Wildman–Crippen MR) is 74.1 cm³/mol. The normalized spacial score (nSPS) is 13.3. The summed E-state index contributed by atoms with van der Waals surface area (Å²) in [5.41, 5.74) is 6.53. The summed E-state index contributed by atoms with van der Waals surface area (Å²) in [6.07, 6.45) is 1.51. The summed E-state index contributed by atoms with van der Waals surface area (Å²) in [5.74, 6) is 0.539. The molecular formula is C12H17N5O2S. The van der Waals surface area contributed by atoms with Crippen LogP contribution in [-0.4, -0.2) is 23.2 Å². The highest BCUT2D eigenvalue weighted by Gasteiger charge is 2.16. The third-order valence-electron chi connectivity index (χ3n) is 2.92. The third kappa shape index (κ3) is 3.21. The number of nitrogens with two attached hydrogens (primary N) is 1. The van der Waals surface area contributed by atoms with E-state index in [1.54, 1.807) is 36.7 Å². The number of benzene rings is 1. The van der Waals surface area contributed by atoms with Crippen molar-refractivity contribution < 1.29 is 8.42 Å². The molecular weight excluding hydrogens is 278 g/mol. The summed E-state index contributed by atoms with van der Waals surface area (Å²) in [6.45, 7) is 1.89. The minimum atomic E-state index is -3.60. The minimum absolute atomic E-state index is 0.0846. The summed E-state index contributed by atoms with van der Waals surface area (Å²) in [6, 6.07) is 6.36. The minimum Gasteiger partial charge on any atom is -0.324 e. The first kappa shape index (κ1) is 14.6. The van der Waals surface area contributed by atoms with Gasteiger partial charge in [0.1, 0.15) is 12.2 Å². The van der Waals surface area contributed by atoms with Crippen LogP contribution in [0.1, 0.15) is 24.4 Å². The number of aromatic nitrogens is 3. The first-order valence-electron chi connectivity index (χ1n) is 6.08. The Balaban J connectivity index is 2.18. The second kappa shape index (κ2) is 5.70. The maximum Gasteiger partial charge on any atom is 0.240 e. The number of sulfonamides is 1. The molecule has 0 amide bonds. The average Bonchev–Trinajstić information content (AvgIpc) is 2.82. The van der Waals surface area contributed by atoms with E-state index < -0.39 is 10.0 Å². The van der Waals surface area contributed by atoms with Crippen LogP contribution in [0.25, 0.3) is 0 Å².